The normalized spacial score (nSPS) is 19.2. The molecule has 3 N–H and O–H groups in total. The third kappa shape index (κ3) is 5.02. The number of hydrogen-bond donors (Lipinski definition) is 3. The van der Waals surface area contributed by atoms with Crippen molar-refractivity contribution in [1.82, 2.24) is 10.6 Å². The van der Waals surface area contributed by atoms with Crippen molar-refractivity contribution < 1.29 is 9.53 Å². The molecule has 1 aliphatic heterocycles. The van der Waals surface area contributed by atoms with Crippen LogP contribution in [0.2, 0.25) is 0 Å². The summed E-state index contributed by atoms with van der Waals surface area (Å²) in [7, 11) is 1.92. The quantitative estimate of drug-likeness (QED) is 0.754. The molecule has 0 radical (unpaired) electrons. The molecule has 5 nitrogen and oxygen atoms in total. The summed E-state index contributed by atoms with van der Waals surface area (Å²) in [6, 6.07) is 8.00. The molecule has 0 spiro atoms. The van der Waals surface area contributed by atoms with Gasteiger partial charge in [-0.2, -0.15) is 0 Å². The standard InChI is InChI=1S/C16H25N3O2/c1-12(17-2)14-4-3-5-15(10-14)19-16(20)18-8-6-13-7-9-21-11-13/h3-5,10,12-13,17H,6-9,11H2,1-2H3,(H2,18,19,20). The highest BCUT2D eigenvalue weighted by atomic mass is 16.5. The van der Waals surface area contributed by atoms with Gasteiger partial charge in [-0.05, 0) is 50.4 Å². The predicted molar refractivity (Wildman–Crippen MR) is 84.5 cm³/mol. The Morgan fingerprint density at radius 2 is 2.33 bits per heavy atom. The smallest absolute Gasteiger partial charge is 0.319 e. The van der Waals surface area contributed by atoms with Crippen LogP contribution in [-0.4, -0.2) is 32.8 Å². The van der Waals surface area contributed by atoms with Crippen LogP contribution in [0.5, 0.6) is 0 Å². The van der Waals surface area contributed by atoms with Crippen molar-refractivity contribution in [1.29, 1.82) is 0 Å². The Kier molecular flexibility index (Phi) is 6.02. The van der Waals surface area contributed by atoms with Gasteiger partial charge in [0.05, 0.1) is 0 Å². The molecule has 0 bridgehead atoms. The second-order valence-electron chi connectivity index (χ2n) is 5.54. The average molecular weight is 291 g/mol. The number of amides is 2. The molecule has 2 unspecified atom stereocenters. The van der Waals surface area contributed by atoms with E-state index in [0.29, 0.717) is 12.5 Å². The van der Waals surface area contributed by atoms with Gasteiger partial charge in [0.25, 0.3) is 0 Å². The summed E-state index contributed by atoms with van der Waals surface area (Å²) >= 11 is 0. The zero-order valence-corrected chi connectivity index (χ0v) is 12.8. The Morgan fingerprint density at radius 3 is 3.05 bits per heavy atom. The van der Waals surface area contributed by atoms with Gasteiger partial charge in [-0.1, -0.05) is 12.1 Å². The Hall–Kier alpha value is -1.59. The van der Waals surface area contributed by atoms with Crippen molar-refractivity contribution in [3.05, 3.63) is 29.8 Å². The van der Waals surface area contributed by atoms with E-state index in [4.69, 9.17) is 4.74 Å². The van der Waals surface area contributed by atoms with E-state index in [9.17, 15) is 4.79 Å². The number of nitrogens with one attached hydrogen (secondary N) is 3. The van der Waals surface area contributed by atoms with Gasteiger partial charge in [0.15, 0.2) is 0 Å². The molecule has 116 valence electrons. The van der Waals surface area contributed by atoms with Gasteiger partial charge in [-0.15, -0.1) is 0 Å². The predicted octanol–water partition coefficient (Wildman–Crippen LogP) is 2.52. The Labute approximate surface area is 126 Å². The fourth-order valence-electron chi connectivity index (χ4n) is 2.43. The van der Waals surface area contributed by atoms with Crippen LogP contribution in [0.4, 0.5) is 10.5 Å². The van der Waals surface area contributed by atoms with Gasteiger partial charge in [-0.25, -0.2) is 4.79 Å². The summed E-state index contributed by atoms with van der Waals surface area (Å²) in [5.74, 6) is 0.588. The van der Waals surface area contributed by atoms with E-state index in [2.05, 4.69) is 22.9 Å². The van der Waals surface area contributed by atoms with Crippen LogP contribution in [0, 0.1) is 5.92 Å². The molecule has 1 aromatic rings. The molecule has 1 fully saturated rings. The summed E-state index contributed by atoms with van der Waals surface area (Å²) in [5.41, 5.74) is 1.97. The maximum absolute atomic E-state index is 11.9. The monoisotopic (exact) mass is 291 g/mol. The molecule has 21 heavy (non-hydrogen) atoms. The number of urea groups is 1. The summed E-state index contributed by atoms with van der Waals surface area (Å²) in [5, 5.41) is 8.96. The minimum Gasteiger partial charge on any atom is -0.381 e. The molecule has 0 saturated carbocycles. The molecule has 5 heteroatoms. The van der Waals surface area contributed by atoms with E-state index in [-0.39, 0.29) is 12.1 Å². The molecule has 1 heterocycles. The highest BCUT2D eigenvalue weighted by molar-refractivity contribution is 5.89. The van der Waals surface area contributed by atoms with Crippen molar-refractivity contribution in [3.8, 4) is 0 Å². The zero-order chi connectivity index (χ0) is 15.1. The van der Waals surface area contributed by atoms with Gasteiger partial charge in [0, 0.05) is 31.5 Å². The van der Waals surface area contributed by atoms with Crippen molar-refractivity contribution in [3.63, 3.8) is 0 Å². The minimum atomic E-state index is -0.150. The van der Waals surface area contributed by atoms with E-state index in [1.54, 1.807) is 0 Å². The van der Waals surface area contributed by atoms with E-state index >= 15 is 0 Å². The molecule has 1 aliphatic rings. The van der Waals surface area contributed by atoms with Crippen LogP contribution >= 0.6 is 0 Å². The molecule has 2 atom stereocenters. The summed E-state index contributed by atoms with van der Waals surface area (Å²) in [6.07, 6.45) is 2.08. The lowest BCUT2D eigenvalue weighted by Gasteiger charge is -2.13. The molecule has 2 rings (SSSR count). The van der Waals surface area contributed by atoms with E-state index in [1.165, 1.54) is 0 Å². The fourth-order valence-corrected chi connectivity index (χ4v) is 2.43. The van der Waals surface area contributed by atoms with Crippen molar-refractivity contribution in [2.75, 3.05) is 32.1 Å². The largest absolute Gasteiger partial charge is 0.381 e. The van der Waals surface area contributed by atoms with E-state index < -0.39 is 0 Å². The Balaban J connectivity index is 1.76. The maximum atomic E-state index is 11.9. The first-order valence-electron chi connectivity index (χ1n) is 7.59. The van der Waals surface area contributed by atoms with Gasteiger partial charge < -0.3 is 20.7 Å². The molecule has 1 saturated heterocycles. The van der Waals surface area contributed by atoms with Gasteiger partial charge in [-0.3, -0.25) is 0 Å². The maximum Gasteiger partial charge on any atom is 0.319 e. The van der Waals surface area contributed by atoms with Crippen molar-refractivity contribution in [2.24, 2.45) is 5.92 Å². The highest BCUT2D eigenvalue weighted by Gasteiger charge is 2.15. The number of carbonyl (C=O) groups is 1. The number of rotatable bonds is 6. The van der Waals surface area contributed by atoms with Gasteiger partial charge in [0.1, 0.15) is 0 Å². The van der Waals surface area contributed by atoms with E-state index in [1.807, 2.05) is 31.3 Å². The average Bonchev–Trinajstić information content (AvgIpc) is 3.00. The van der Waals surface area contributed by atoms with Gasteiger partial charge in [0.2, 0.25) is 0 Å². The minimum absolute atomic E-state index is 0.150. The lowest BCUT2D eigenvalue weighted by molar-refractivity contribution is 0.184. The summed E-state index contributed by atoms with van der Waals surface area (Å²) in [4.78, 5) is 11.9. The van der Waals surface area contributed by atoms with Crippen LogP contribution in [0.25, 0.3) is 0 Å². The summed E-state index contributed by atoms with van der Waals surface area (Å²) < 4.78 is 5.32. The van der Waals surface area contributed by atoms with E-state index in [0.717, 1.165) is 37.3 Å². The number of benzene rings is 1. The fraction of sp³-hybridized carbons (Fsp3) is 0.562. The first kappa shape index (κ1) is 15.8. The third-order valence-electron chi connectivity index (χ3n) is 3.94. The zero-order valence-electron chi connectivity index (χ0n) is 12.8. The summed E-state index contributed by atoms with van der Waals surface area (Å²) in [6.45, 7) is 4.45. The number of carbonyl (C=O) groups excluding carboxylic acids is 1. The lowest BCUT2D eigenvalue weighted by atomic mass is 10.1. The van der Waals surface area contributed by atoms with Crippen LogP contribution in [0.1, 0.15) is 31.4 Å². The second-order valence-corrected chi connectivity index (χ2v) is 5.54. The Morgan fingerprint density at radius 1 is 1.48 bits per heavy atom. The molecular formula is C16H25N3O2. The number of hydrogen-bond acceptors (Lipinski definition) is 3. The molecule has 2 amide bonds. The van der Waals surface area contributed by atoms with Crippen LogP contribution < -0.4 is 16.0 Å². The molecule has 0 aromatic heterocycles. The highest BCUT2D eigenvalue weighted by Crippen LogP contribution is 2.17. The third-order valence-corrected chi connectivity index (χ3v) is 3.94. The van der Waals surface area contributed by atoms with Crippen LogP contribution in [0.15, 0.2) is 24.3 Å². The van der Waals surface area contributed by atoms with Gasteiger partial charge >= 0.3 is 6.03 Å². The Bertz CT molecular complexity index is 459. The first-order chi connectivity index (χ1) is 10.2. The lowest BCUT2D eigenvalue weighted by Crippen LogP contribution is -2.30. The van der Waals surface area contributed by atoms with Crippen molar-refractivity contribution in [2.45, 2.75) is 25.8 Å². The first-order valence-corrected chi connectivity index (χ1v) is 7.59. The molecular weight excluding hydrogens is 266 g/mol. The van der Waals surface area contributed by atoms with Crippen molar-refractivity contribution >= 4 is 11.7 Å². The second kappa shape index (κ2) is 8.00. The molecule has 0 aliphatic carbocycles. The number of anilines is 1. The topological polar surface area (TPSA) is 62.4 Å². The SMILES string of the molecule is CNC(C)c1cccc(NC(=O)NCCC2CCOC2)c1. The molecule has 1 aromatic carbocycles. The number of ether oxygens (including phenoxy) is 1. The van der Waals surface area contributed by atoms with Crippen LogP contribution in [-0.2, 0) is 4.74 Å². The van der Waals surface area contributed by atoms with Crippen LogP contribution in [0.3, 0.4) is 0 Å².